The molecule has 2 aliphatic rings. The van der Waals surface area contributed by atoms with Crippen molar-refractivity contribution >= 4 is 12.0 Å². The molecule has 6 nitrogen and oxygen atoms in total. The molecule has 1 heterocycles. The maximum atomic E-state index is 11.8. The van der Waals surface area contributed by atoms with Gasteiger partial charge in [-0.15, -0.1) is 0 Å². The van der Waals surface area contributed by atoms with Crippen LogP contribution in [0.1, 0.15) is 25.7 Å². The van der Waals surface area contributed by atoms with Crippen LogP contribution in [0.2, 0.25) is 0 Å². The molecule has 1 saturated carbocycles. The van der Waals surface area contributed by atoms with E-state index in [-0.39, 0.29) is 11.9 Å². The van der Waals surface area contributed by atoms with Crippen LogP contribution in [-0.4, -0.2) is 54.9 Å². The van der Waals surface area contributed by atoms with E-state index in [1.165, 1.54) is 12.8 Å². The zero-order valence-electron chi connectivity index (χ0n) is 11.1. The van der Waals surface area contributed by atoms with Gasteiger partial charge in [-0.25, -0.2) is 4.79 Å². The Labute approximate surface area is 113 Å². The number of carboxylic acids is 1. The normalized spacial score (nSPS) is 20.3. The molecule has 0 aromatic carbocycles. The fourth-order valence-electron chi connectivity index (χ4n) is 2.21. The Morgan fingerprint density at radius 2 is 1.89 bits per heavy atom. The molecule has 0 bridgehead atoms. The number of ether oxygens (including phenoxy) is 1. The molecule has 108 valence electrons. The van der Waals surface area contributed by atoms with Crippen molar-refractivity contribution in [3.8, 4) is 0 Å². The topological polar surface area (TPSA) is 78.9 Å². The van der Waals surface area contributed by atoms with Gasteiger partial charge in [-0.05, 0) is 31.6 Å². The van der Waals surface area contributed by atoms with E-state index in [9.17, 15) is 9.59 Å². The Hall–Kier alpha value is -1.30. The number of urea groups is 1. The van der Waals surface area contributed by atoms with Gasteiger partial charge in [-0.2, -0.15) is 0 Å². The Morgan fingerprint density at radius 1 is 1.21 bits per heavy atom. The summed E-state index contributed by atoms with van der Waals surface area (Å²) < 4.78 is 5.43. The Balaban J connectivity index is 1.54. The first-order valence-corrected chi connectivity index (χ1v) is 7.00. The summed E-state index contributed by atoms with van der Waals surface area (Å²) in [6.45, 7) is 2.91. The van der Waals surface area contributed by atoms with E-state index in [0.29, 0.717) is 39.1 Å². The van der Waals surface area contributed by atoms with Crippen LogP contribution in [0.3, 0.4) is 0 Å². The fraction of sp³-hybridized carbons (Fsp3) is 0.846. The third-order valence-electron chi connectivity index (χ3n) is 3.70. The van der Waals surface area contributed by atoms with Gasteiger partial charge in [0.05, 0.1) is 12.5 Å². The van der Waals surface area contributed by atoms with Crippen molar-refractivity contribution < 1.29 is 19.4 Å². The average Bonchev–Trinajstić information content (AvgIpc) is 3.22. The highest BCUT2D eigenvalue weighted by Gasteiger charge is 2.26. The average molecular weight is 270 g/mol. The molecule has 1 saturated heterocycles. The van der Waals surface area contributed by atoms with Crippen LogP contribution in [0.5, 0.6) is 0 Å². The van der Waals surface area contributed by atoms with Crippen LogP contribution in [0, 0.1) is 11.8 Å². The molecule has 0 atom stereocenters. The lowest BCUT2D eigenvalue weighted by Crippen LogP contribution is -2.46. The zero-order valence-corrected chi connectivity index (χ0v) is 11.1. The quantitative estimate of drug-likeness (QED) is 0.703. The third kappa shape index (κ3) is 4.70. The van der Waals surface area contributed by atoms with Crippen molar-refractivity contribution in [1.29, 1.82) is 0 Å². The van der Waals surface area contributed by atoms with Crippen LogP contribution in [0.15, 0.2) is 0 Å². The number of piperidine rings is 1. The second-order valence-corrected chi connectivity index (χ2v) is 5.35. The highest BCUT2D eigenvalue weighted by Crippen LogP contribution is 2.28. The maximum absolute atomic E-state index is 11.8. The molecule has 2 fully saturated rings. The van der Waals surface area contributed by atoms with Crippen molar-refractivity contribution in [3.05, 3.63) is 0 Å². The van der Waals surface area contributed by atoms with Crippen molar-refractivity contribution in [2.24, 2.45) is 11.8 Å². The third-order valence-corrected chi connectivity index (χ3v) is 3.70. The first-order chi connectivity index (χ1) is 9.16. The molecule has 19 heavy (non-hydrogen) atoms. The number of carboxylic acid groups (broad SMARTS) is 1. The van der Waals surface area contributed by atoms with E-state index >= 15 is 0 Å². The summed E-state index contributed by atoms with van der Waals surface area (Å²) in [7, 11) is 0. The molecule has 1 aliphatic heterocycles. The highest BCUT2D eigenvalue weighted by molar-refractivity contribution is 5.75. The summed E-state index contributed by atoms with van der Waals surface area (Å²) >= 11 is 0. The number of nitrogens with zero attached hydrogens (tertiary/aromatic N) is 1. The Bertz CT molecular complexity index is 323. The number of hydrogen-bond donors (Lipinski definition) is 2. The van der Waals surface area contributed by atoms with Crippen LogP contribution >= 0.6 is 0 Å². The summed E-state index contributed by atoms with van der Waals surface area (Å²) in [5.74, 6) is -0.315. The fourth-order valence-corrected chi connectivity index (χ4v) is 2.21. The number of carbonyl (C=O) groups excluding carboxylic acids is 1. The van der Waals surface area contributed by atoms with Crippen LogP contribution in [-0.2, 0) is 9.53 Å². The van der Waals surface area contributed by atoms with Gasteiger partial charge >= 0.3 is 12.0 Å². The number of amides is 2. The summed E-state index contributed by atoms with van der Waals surface area (Å²) in [5, 5.41) is 11.7. The summed E-state index contributed by atoms with van der Waals surface area (Å²) in [5.41, 5.74) is 0. The standard InChI is InChI=1S/C13H22N2O4/c16-12(17)11-3-6-15(7-4-11)13(18)14-5-8-19-9-10-1-2-10/h10-11H,1-9H2,(H,14,18)(H,16,17). The van der Waals surface area contributed by atoms with Gasteiger partial charge in [0.1, 0.15) is 0 Å². The molecular weight excluding hydrogens is 248 g/mol. The Morgan fingerprint density at radius 3 is 2.47 bits per heavy atom. The predicted octanol–water partition coefficient (Wildman–Crippen LogP) is 0.919. The van der Waals surface area contributed by atoms with Crippen LogP contribution < -0.4 is 5.32 Å². The van der Waals surface area contributed by atoms with Crippen molar-refractivity contribution in [3.63, 3.8) is 0 Å². The molecule has 2 rings (SSSR count). The molecule has 0 spiro atoms. The van der Waals surface area contributed by atoms with Crippen molar-refractivity contribution in [2.45, 2.75) is 25.7 Å². The van der Waals surface area contributed by atoms with Crippen molar-refractivity contribution in [2.75, 3.05) is 32.8 Å². The van der Waals surface area contributed by atoms with Gasteiger partial charge in [0.2, 0.25) is 0 Å². The first-order valence-electron chi connectivity index (χ1n) is 7.00. The lowest BCUT2D eigenvalue weighted by Gasteiger charge is -2.30. The molecule has 6 heteroatoms. The van der Waals surface area contributed by atoms with E-state index < -0.39 is 5.97 Å². The van der Waals surface area contributed by atoms with E-state index in [1.54, 1.807) is 4.90 Å². The van der Waals surface area contributed by atoms with E-state index in [2.05, 4.69) is 5.32 Å². The molecule has 2 amide bonds. The van der Waals surface area contributed by atoms with Crippen LogP contribution in [0.25, 0.3) is 0 Å². The smallest absolute Gasteiger partial charge is 0.317 e. The van der Waals surface area contributed by atoms with E-state index in [4.69, 9.17) is 9.84 Å². The highest BCUT2D eigenvalue weighted by atomic mass is 16.5. The zero-order chi connectivity index (χ0) is 13.7. The summed E-state index contributed by atoms with van der Waals surface area (Å²) in [6.07, 6.45) is 3.62. The number of rotatable bonds is 6. The van der Waals surface area contributed by atoms with Gasteiger partial charge in [-0.3, -0.25) is 4.79 Å². The lowest BCUT2D eigenvalue weighted by atomic mass is 9.97. The molecule has 0 aromatic rings. The number of hydrogen-bond acceptors (Lipinski definition) is 3. The minimum Gasteiger partial charge on any atom is -0.481 e. The van der Waals surface area contributed by atoms with E-state index in [0.717, 1.165) is 12.5 Å². The van der Waals surface area contributed by atoms with Gasteiger partial charge in [0, 0.05) is 26.2 Å². The first kappa shape index (κ1) is 14.1. The summed E-state index contributed by atoms with van der Waals surface area (Å²) in [4.78, 5) is 24.3. The van der Waals surface area contributed by atoms with Gasteiger partial charge in [0.15, 0.2) is 0 Å². The number of likely N-dealkylation sites (tertiary alicyclic amines) is 1. The molecule has 0 unspecified atom stereocenters. The largest absolute Gasteiger partial charge is 0.481 e. The molecule has 2 N–H and O–H groups in total. The number of carbonyl (C=O) groups is 2. The van der Waals surface area contributed by atoms with Gasteiger partial charge in [0.25, 0.3) is 0 Å². The summed E-state index contributed by atoms with van der Waals surface area (Å²) in [6, 6.07) is -0.112. The number of aliphatic carboxylic acids is 1. The second-order valence-electron chi connectivity index (χ2n) is 5.35. The monoisotopic (exact) mass is 270 g/mol. The minimum absolute atomic E-state index is 0.112. The number of nitrogens with one attached hydrogen (secondary N) is 1. The molecule has 0 radical (unpaired) electrons. The minimum atomic E-state index is -0.756. The maximum Gasteiger partial charge on any atom is 0.317 e. The van der Waals surface area contributed by atoms with Crippen molar-refractivity contribution in [1.82, 2.24) is 10.2 Å². The molecular formula is C13H22N2O4. The molecule has 0 aromatic heterocycles. The van der Waals surface area contributed by atoms with Crippen LogP contribution in [0.4, 0.5) is 4.79 Å². The van der Waals surface area contributed by atoms with Gasteiger partial charge < -0.3 is 20.1 Å². The van der Waals surface area contributed by atoms with Gasteiger partial charge in [-0.1, -0.05) is 0 Å². The lowest BCUT2D eigenvalue weighted by molar-refractivity contribution is -0.143. The SMILES string of the molecule is O=C(O)C1CCN(C(=O)NCCOCC2CC2)CC1. The van der Waals surface area contributed by atoms with E-state index in [1.807, 2.05) is 0 Å². The second kappa shape index (κ2) is 6.75. The predicted molar refractivity (Wildman–Crippen MR) is 68.9 cm³/mol. The Kier molecular flexibility index (Phi) is 5.01. The molecule has 1 aliphatic carbocycles.